The maximum atomic E-state index is 9.06. The number of nitrogen functional groups attached to an aromatic ring is 1. The summed E-state index contributed by atoms with van der Waals surface area (Å²) >= 11 is 0. The fourth-order valence-corrected chi connectivity index (χ4v) is 2.08. The van der Waals surface area contributed by atoms with Gasteiger partial charge in [-0.1, -0.05) is 18.2 Å². The maximum absolute atomic E-state index is 9.06. The van der Waals surface area contributed by atoms with Crippen LogP contribution in [0.5, 0.6) is 0 Å². The Morgan fingerprint density at radius 2 is 2.00 bits per heavy atom. The molecular formula is C16H19N5. The van der Waals surface area contributed by atoms with E-state index in [4.69, 9.17) is 11.0 Å². The first-order valence-electron chi connectivity index (χ1n) is 6.87. The van der Waals surface area contributed by atoms with E-state index in [1.807, 2.05) is 36.1 Å². The highest BCUT2D eigenvalue weighted by Crippen LogP contribution is 2.20. The summed E-state index contributed by atoms with van der Waals surface area (Å²) in [7, 11) is 0. The van der Waals surface area contributed by atoms with E-state index in [1.165, 1.54) is 0 Å². The lowest BCUT2D eigenvalue weighted by Crippen LogP contribution is -2.32. The molecule has 21 heavy (non-hydrogen) atoms. The first-order chi connectivity index (χ1) is 10.0. The summed E-state index contributed by atoms with van der Waals surface area (Å²) in [5, 5.41) is 9.06. The molecule has 5 heteroatoms. The van der Waals surface area contributed by atoms with Crippen LogP contribution in [0.4, 0.5) is 11.6 Å². The Morgan fingerprint density at radius 3 is 2.62 bits per heavy atom. The van der Waals surface area contributed by atoms with Gasteiger partial charge in [0.1, 0.15) is 11.8 Å². The Labute approximate surface area is 125 Å². The Morgan fingerprint density at radius 1 is 1.29 bits per heavy atom. The molecule has 0 aliphatic heterocycles. The second kappa shape index (κ2) is 6.23. The molecule has 0 aliphatic rings. The van der Waals surface area contributed by atoms with Gasteiger partial charge in [-0.05, 0) is 38.5 Å². The summed E-state index contributed by atoms with van der Waals surface area (Å²) in [5.41, 5.74) is 8.94. The van der Waals surface area contributed by atoms with Gasteiger partial charge in [0, 0.05) is 24.0 Å². The molecule has 0 radical (unpaired) electrons. The molecule has 1 heterocycles. The van der Waals surface area contributed by atoms with Crippen molar-refractivity contribution in [1.82, 2.24) is 9.97 Å². The van der Waals surface area contributed by atoms with Crippen LogP contribution in [-0.2, 0) is 6.54 Å². The Bertz CT molecular complexity index is 673. The van der Waals surface area contributed by atoms with E-state index in [0.717, 1.165) is 16.9 Å². The molecule has 0 atom stereocenters. The minimum atomic E-state index is 0.193. The summed E-state index contributed by atoms with van der Waals surface area (Å²) in [5.74, 6) is 0.560. The van der Waals surface area contributed by atoms with Gasteiger partial charge in [0.05, 0.1) is 0 Å². The molecule has 2 rings (SSSR count). The SMILES string of the molecule is Cc1cc(C#N)nc(N(Cc2ccccc2N)C(C)C)n1. The third-order valence-electron chi connectivity index (χ3n) is 3.23. The van der Waals surface area contributed by atoms with Crippen molar-refractivity contribution in [2.24, 2.45) is 0 Å². The summed E-state index contributed by atoms with van der Waals surface area (Å²) in [6.45, 7) is 6.60. The highest BCUT2D eigenvalue weighted by atomic mass is 15.3. The van der Waals surface area contributed by atoms with Crippen LogP contribution in [0.25, 0.3) is 0 Å². The first-order valence-corrected chi connectivity index (χ1v) is 6.87. The van der Waals surface area contributed by atoms with E-state index in [0.29, 0.717) is 18.2 Å². The third-order valence-corrected chi connectivity index (χ3v) is 3.23. The molecule has 0 bridgehead atoms. The molecular weight excluding hydrogens is 262 g/mol. The number of nitrogens with zero attached hydrogens (tertiary/aromatic N) is 4. The van der Waals surface area contributed by atoms with E-state index < -0.39 is 0 Å². The monoisotopic (exact) mass is 281 g/mol. The molecule has 2 N–H and O–H groups in total. The van der Waals surface area contributed by atoms with Crippen LogP contribution in [-0.4, -0.2) is 16.0 Å². The molecule has 0 unspecified atom stereocenters. The van der Waals surface area contributed by atoms with Crippen LogP contribution in [0.15, 0.2) is 30.3 Å². The van der Waals surface area contributed by atoms with Gasteiger partial charge in [-0.2, -0.15) is 5.26 Å². The zero-order valence-electron chi connectivity index (χ0n) is 12.5. The molecule has 0 saturated heterocycles. The average Bonchev–Trinajstić information content (AvgIpc) is 2.45. The number of nitriles is 1. The number of hydrogen-bond acceptors (Lipinski definition) is 5. The van der Waals surface area contributed by atoms with Crippen LogP contribution in [0.1, 0.15) is 30.8 Å². The largest absolute Gasteiger partial charge is 0.398 e. The van der Waals surface area contributed by atoms with E-state index in [9.17, 15) is 0 Å². The molecule has 0 fully saturated rings. The fourth-order valence-electron chi connectivity index (χ4n) is 2.08. The molecule has 0 amide bonds. The van der Waals surface area contributed by atoms with Crippen LogP contribution in [0.3, 0.4) is 0 Å². The van der Waals surface area contributed by atoms with Gasteiger partial charge in [0.2, 0.25) is 5.95 Å². The number of nitrogens with two attached hydrogens (primary N) is 1. The lowest BCUT2D eigenvalue weighted by molar-refractivity contribution is 0.659. The zero-order chi connectivity index (χ0) is 15.4. The normalized spacial score (nSPS) is 10.4. The molecule has 5 nitrogen and oxygen atoms in total. The van der Waals surface area contributed by atoms with Gasteiger partial charge in [-0.3, -0.25) is 0 Å². The topological polar surface area (TPSA) is 78.8 Å². The zero-order valence-corrected chi connectivity index (χ0v) is 12.5. The summed E-state index contributed by atoms with van der Waals surface area (Å²) in [6, 6.07) is 11.7. The Hall–Kier alpha value is -2.61. The minimum Gasteiger partial charge on any atom is -0.398 e. The quantitative estimate of drug-likeness (QED) is 0.872. The highest BCUT2D eigenvalue weighted by molar-refractivity contribution is 5.49. The van der Waals surface area contributed by atoms with Gasteiger partial charge < -0.3 is 10.6 Å². The molecule has 108 valence electrons. The van der Waals surface area contributed by atoms with Gasteiger partial charge in [-0.15, -0.1) is 0 Å². The number of hydrogen-bond donors (Lipinski definition) is 1. The van der Waals surface area contributed by atoms with Crippen molar-refractivity contribution in [3.8, 4) is 6.07 Å². The first kappa shape index (κ1) is 14.8. The van der Waals surface area contributed by atoms with Gasteiger partial charge in [0.15, 0.2) is 0 Å². The van der Waals surface area contributed by atoms with Crippen molar-refractivity contribution in [1.29, 1.82) is 5.26 Å². The van der Waals surface area contributed by atoms with Crippen molar-refractivity contribution in [2.45, 2.75) is 33.4 Å². The predicted molar refractivity (Wildman–Crippen MR) is 83.7 cm³/mol. The van der Waals surface area contributed by atoms with E-state index in [-0.39, 0.29) is 6.04 Å². The second-order valence-corrected chi connectivity index (χ2v) is 5.23. The molecule has 1 aromatic heterocycles. The van der Waals surface area contributed by atoms with E-state index in [2.05, 4.69) is 29.9 Å². The van der Waals surface area contributed by atoms with E-state index >= 15 is 0 Å². The summed E-state index contributed by atoms with van der Waals surface area (Å²) in [6.07, 6.45) is 0. The summed E-state index contributed by atoms with van der Waals surface area (Å²) in [4.78, 5) is 10.8. The smallest absolute Gasteiger partial charge is 0.227 e. The van der Waals surface area contributed by atoms with Crippen LogP contribution in [0, 0.1) is 18.3 Å². The number of rotatable bonds is 4. The fraction of sp³-hybridized carbons (Fsp3) is 0.312. The number of anilines is 2. The molecule has 0 spiro atoms. The van der Waals surface area contributed by atoms with Crippen LogP contribution in [0.2, 0.25) is 0 Å². The lowest BCUT2D eigenvalue weighted by Gasteiger charge is -2.27. The van der Waals surface area contributed by atoms with Crippen molar-refractivity contribution < 1.29 is 0 Å². The predicted octanol–water partition coefficient (Wildman–Crippen LogP) is 2.65. The number of aromatic nitrogens is 2. The van der Waals surface area contributed by atoms with Crippen LogP contribution >= 0.6 is 0 Å². The standard InChI is InChI=1S/C16H19N5/c1-11(2)21(10-13-6-4-5-7-15(13)18)16-19-12(3)8-14(9-17)20-16/h4-8,11H,10,18H2,1-3H3. The van der Waals surface area contributed by atoms with E-state index in [1.54, 1.807) is 6.07 Å². The highest BCUT2D eigenvalue weighted by Gasteiger charge is 2.16. The number of benzene rings is 1. The number of para-hydroxylation sites is 1. The molecule has 2 aromatic rings. The van der Waals surface area contributed by atoms with Crippen molar-refractivity contribution in [2.75, 3.05) is 10.6 Å². The summed E-state index contributed by atoms with van der Waals surface area (Å²) < 4.78 is 0. The lowest BCUT2D eigenvalue weighted by atomic mass is 10.1. The maximum Gasteiger partial charge on any atom is 0.227 e. The molecule has 0 aliphatic carbocycles. The Kier molecular flexibility index (Phi) is 4.39. The molecule has 1 aromatic carbocycles. The van der Waals surface area contributed by atoms with Gasteiger partial charge in [-0.25, -0.2) is 9.97 Å². The minimum absolute atomic E-state index is 0.193. The van der Waals surface area contributed by atoms with Gasteiger partial charge in [0.25, 0.3) is 0 Å². The number of aryl methyl sites for hydroxylation is 1. The van der Waals surface area contributed by atoms with Crippen molar-refractivity contribution >= 4 is 11.6 Å². The van der Waals surface area contributed by atoms with Crippen molar-refractivity contribution in [3.63, 3.8) is 0 Å². The Balaban J connectivity index is 2.38. The van der Waals surface area contributed by atoms with Crippen molar-refractivity contribution in [3.05, 3.63) is 47.3 Å². The average molecular weight is 281 g/mol. The second-order valence-electron chi connectivity index (χ2n) is 5.23. The van der Waals surface area contributed by atoms with Crippen LogP contribution < -0.4 is 10.6 Å². The van der Waals surface area contributed by atoms with Gasteiger partial charge >= 0.3 is 0 Å². The molecule has 0 saturated carbocycles. The third kappa shape index (κ3) is 3.48.